The van der Waals surface area contributed by atoms with E-state index in [4.69, 9.17) is 9.47 Å². The lowest BCUT2D eigenvalue weighted by Gasteiger charge is -2.30. The van der Waals surface area contributed by atoms with Gasteiger partial charge in [0.2, 0.25) is 35.8 Å². The smallest absolute Gasteiger partial charge is 0.365 e. The Morgan fingerprint density at radius 1 is 0.500 bits per heavy atom. The van der Waals surface area contributed by atoms with Crippen LogP contribution in [0, 0.1) is 0 Å². The Balaban J connectivity index is 1.24. The van der Waals surface area contributed by atoms with Crippen molar-refractivity contribution in [2.24, 2.45) is 30.0 Å². The van der Waals surface area contributed by atoms with Crippen molar-refractivity contribution >= 4 is 89.0 Å². The molecular weight excluding hydrogens is 720 g/mol. The molecule has 3 aliphatic rings. The van der Waals surface area contributed by atoms with Crippen LogP contribution < -0.4 is 16.0 Å². The number of ether oxygens (including phenoxy) is 2. The highest BCUT2D eigenvalue weighted by Gasteiger charge is 2.35. The summed E-state index contributed by atoms with van der Waals surface area (Å²) in [6, 6.07) is 21.7. The summed E-state index contributed by atoms with van der Waals surface area (Å²) in [6.07, 6.45) is 8.91. The first kappa shape index (κ1) is 38.2. The third-order valence-corrected chi connectivity index (χ3v) is 7.40. The number of hydrogen-bond donors (Lipinski definition) is 3. The van der Waals surface area contributed by atoms with E-state index >= 15 is 0 Å². The van der Waals surface area contributed by atoms with Gasteiger partial charge in [-0.1, -0.05) is 36.4 Å². The predicted molar refractivity (Wildman–Crippen MR) is 215 cm³/mol. The molecule has 0 spiro atoms. The van der Waals surface area contributed by atoms with Gasteiger partial charge < -0.3 is 25.4 Å². The zero-order valence-corrected chi connectivity index (χ0v) is 30.5. The normalized spacial score (nSPS) is 14.5. The minimum Gasteiger partial charge on any atom is -0.463 e. The molecule has 0 amide bonds. The van der Waals surface area contributed by atoms with Gasteiger partial charge in [0, 0.05) is 35.3 Å². The van der Waals surface area contributed by atoms with Gasteiger partial charge in [0.1, 0.15) is 0 Å². The van der Waals surface area contributed by atoms with Crippen molar-refractivity contribution in [1.82, 2.24) is 4.90 Å². The standard InChI is InChI=1S/C39H36N10O7/c1-4-53-31(50)22-13-25-7-16-28(17-8-25)40-34-43-37-44-35(41-29-18-9-26(10-19-29)14-23-32(51)54-5-2)46-39-48-36(47-38(45-34)49(37)39)42-30-20-11-27(12-21-30)15-24-33(52)56-55-6-3/h7-24H,4-6H2,1-3H3,(H3,40,41,42,43,44,45,46,47,48). The van der Waals surface area contributed by atoms with E-state index in [-0.39, 0.29) is 42.4 Å². The monoisotopic (exact) mass is 756 g/mol. The SMILES string of the molecule is CCOOC(=O)C=Cc1ccc(NC2=NC3=NC(Nc4ccc(C=CC(=O)OCC)cc4)=NC4=NC(Nc5ccc(C=CC(=O)OCC)cc5)=NC(=N2)N43)cc1. The maximum absolute atomic E-state index is 11.7. The summed E-state index contributed by atoms with van der Waals surface area (Å²) in [5, 5.41) is 9.57. The predicted octanol–water partition coefficient (Wildman–Crippen LogP) is 5.46. The van der Waals surface area contributed by atoms with Gasteiger partial charge in [-0.15, -0.1) is 0 Å². The van der Waals surface area contributed by atoms with Crippen LogP contribution in [0.1, 0.15) is 37.5 Å². The van der Waals surface area contributed by atoms with Crippen LogP contribution in [0.3, 0.4) is 0 Å². The number of carbonyl (C=O) groups excluding carboxylic acids is 3. The van der Waals surface area contributed by atoms with Crippen molar-refractivity contribution in [3.63, 3.8) is 0 Å². The largest absolute Gasteiger partial charge is 0.463 e. The van der Waals surface area contributed by atoms with Crippen molar-refractivity contribution in [2.45, 2.75) is 20.8 Å². The average molecular weight is 757 g/mol. The minimum atomic E-state index is -0.623. The maximum Gasteiger partial charge on any atom is 0.365 e. The quantitative estimate of drug-likeness (QED) is 0.0865. The van der Waals surface area contributed by atoms with Crippen LogP contribution in [0.4, 0.5) is 17.1 Å². The molecule has 0 fully saturated rings. The number of aliphatic imine (C=N–C) groups is 6. The number of anilines is 3. The van der Waals surface area contributed by atoms with Crippen LogP contribution >= 0.6 is 0 Å². The Morgan fingerprint density at radius 3 is 1.16 bits per heavy atom. The van der Waals surface area contributed by atoms with Crippen LogP contribution in [0.15, 0.2) is 121 Å². The van der Waals surface area contributed by atoms with E-state index in [1.807, 2.05) is 48.5 Å². The molecule has 3 heterocycles. The van der Waals surface area contributed by atoms with Crippen molar-refractivity contribution in [1.29, 1.82) is 0 Å². The molecule has 56 heavy (non-hydrogen) atoms. The molecule has 0 aromatic heterocycles. The van der Waals surface area contributed by atoms with Gasteiger partial charge in [0.05, 0.1) is 19.8 Å². The van der Waals surface area contributed by atoms with Crippen LogP contribution in [0.5, 0.6) is 0 Å². The molecular formula is C39H36N10O7. The molecule has 0 saturated heterocycles. The molecule has 0 atom stereocenters. The van der Waals surface area contributed by atoms with E-state index in [0.717, 1.165) is 16.7 Å². The molecule has 0 radical (unpaired) electrons. The second kappa shape index (κ2) is 18.5. The van der Waals surface area contributed by atoms with Crippen molar-refractivity contribution in [2.75, 3.05) is 35.8 Å². The lowest BCUT2D eigenvalue weighted by atomic mass is 10.2. The zero-order valence-electron chi connectivity index (χ0n) is 30.5. The Labute approximate surface area is 321 Å². The Hall–Kier alpha value is -7.53. The van der Waals surface area contributed by atoms with Gasteiger partial charge in [-0.2, -0.15) is 34.8 Å². The summed E-state index contributed by atoms with van der Waals surface area (Å²) < 4.78 is 9.89. The summed E-state index contributed by atoms with van der Waals surface area (Å²) in [6.45, 7) is 6.05. The number of esters is 2. The molecule has 3 aliphatic heterocycles. The van der Waals surface area contributed by atoms with E-state index in [1.54, 1.807) is 63.3 Å². The molecule has 6 rings (SSSR count). The lowest BCUT2D eigenvalue weighted by Crippen LogP contribution is -2.49. The maximum atomic E-state index is 11.7. The number of benzene rings is 3. The molecule has 3 aromatic carbocycles. The van der Waals surface area contributed by atoms with E-state index in [2.05, 4.69) is 55.7 Å². The summed E-state index contributed by atoms with van der Waals surface area (Å²) in [4.78, 5) is 73.8. The van der Waals surface area contributed by atoms with Gasteiger partial charge in [0.15, 0.2) is 0 Å². The third-order valence-electron chi connectivity index (χ3n) is 7.40. The Morgan fingerprint density at radius 2 is 0.839 bits per heavy atom. The topological polar surface area (TPSA) is 202 Å². The molecule has 0 bridgehead atoms. The van der Waals surface area contributed by atoms with E-state index < -0.39 is 17.9 Å². The fourth-order valence-corrected chi connectivity index (χ4v) is 4.89. The summed E-state index contributed by atoms with van der Waals surface area (Å²) >= 11 is 0. The number of hydrogen-bond acceptors (Lipinski definition) is 17. The zero-order chi connectivity index (χ0) is 39.3. The molecule has 17 nitrogen and oxygen atoms in total. The van der Waals surface area contributed by atoms with Gasteiger partial charge in [-0.3, -0.25) is 4.89 Å². The van der Waals surface area contributed by atoms with Crippen molar-refractivity contribution in [3.05, 3.63) is 108 Å². The van der Waals surface area contributed by atoms with Crippen LogP contribution in [0.2, 0.25) is 0 Å². The first-order valence-electron chi connectivity index (χ1n) is 17.4. The van der Waals surface area contributed by atoms with Crippen LogP contribution in [-0.4, -0.2) is 78.4 Å². The lowest BCUT2D eigenvalue weighted by molar-refractivity contribution is -0.264. The summed E-state index contributed by atoms with van der Waals surface area (Å²) in [7, 11) is 0. The van der Waals surface area contributed by atoms with Gasteiger partial charge >= 0.3 is 17.9 Å². The Bertz CT molecular complexity index is 2160. The fraction of sp³-hybridized carbons (Fsp3) is 0.154. The second-order valence-corrected chi connectivity index (χ2v) is 11.4. The number of nitrogens with zero attached hydrogens (tertiary/aromatic N) is 7. The Kier molecular flexibility index (Phi) is 12.6. The third kappa shape index (κ3) is 10.5. The van der Waals surface area contributed by atoms with Gasteiger partial charge in [0.25, 0.3) is 0 Å². The number of guanidine groups is 6. The highest BCUT2D eigenvalue weighted by Crippen LogP contribution is 2.21. The highest BCUT2D eigenvalue weighted by atomic mass is 17.2. The van der Waals surface area contributed by atoms with E-state index in [9.17, 15) is 14.4 Å². The van der Waals surface area contributed by atoms with Crippen molar-refractivity contribution < 1.29 is 33.6 Å². The second-order valence-electron chi connectivity index (χ2n) is 11.4. The summed E-state index contributed by atoms with van der Waals surface area (Å²) in [5.74, 6) is -0.256. The number of carbonyl (C=O) groups is 3. The molecule has 284 valence electrons. The number of rotatable bonds is 13. The highest BCUT2D eigenvalue weighted by molar-refractivity contribution is 6.32. The van der Waals surface area contributed by atoms with E-state index in [1.165, 1.54) is 23.1 Å². The minimum absolute atomic E-state index is 0.194. The average Bonchev–Trinajstić information content (AvgIpc) is 3.19. The van der Waals surface area contributed by atoms with Crippen molar-refractivity contribution in [3.8, 4) is 0 Å². The molecule has 0 saturated carbocycles. The van der Waals surface area contributed by atoms with Gasteiger partial charge in [-0.25, -0.2) is 19.3 Å². The summed E-state index contributed by atoms with van der Waals surface area (Å²) in [5.41, 5.74) is 4.32. The number of nitrogens with one attached hydrogen (secondary N) is 3. The molecule has 17 heteroatoms. The molecule has 0 unspecified atom stereocenters. The van der Waals surface area contributed by atoms with Crippen LogP contribution in [-0.2, 0) is 33.6 Å². The first-order chi connectivity index (χ1) is 27.3. The molecule has 3 aromatic rings. The van der Waals surface area contributed by atoms with E-state index in [0.29, 0.717) is 30.3 Å². The molecule has 3 N–H and O–H groups in total. The fourth-order valence-electron chi connectivity index (χ4n) is 4.89. The van der Waals surface area contributed by atoms with Crippen LogP contribution in [0.25, 0.3) is 18.2 Å². The first-order valence-corrected chi connectivity index (χ1v) is 17.4. The molecule has 0 aliphatic carbocycles. The van der Waals surface area contributed by atoms with Gasteiger partial charge in [-0.05, 0) is 92.1 Å².